The zero-order valence-corrected chi connectivity index (χ0v) is 11.7. The maximum atomic E-state index is 10.8. The van der Waals surface area contributed by atoms with Crippen LogP contribution in [0.2, 0.25) is 0 Å². The number of anilines is 1. The van der Waals surface area contributed by atoms with Crippen LogP contribution in [0.25, 0.3) is 0 Å². The van der Waals surface area contributed by atoms with Crippen LogP contribution in [0.5, 0.6) is 0 Å². The van der Waals surface area contributed by atoms with Gasteiger partial charge in [0.1, 0.15) is 5.82 Å². The lowest BCUT2D eigenvalue weighted by atomic mass is 9.74. The fraction of sp³-hybridized carbons (Fsp3) is 0.667. The maximum absolute atomic E-state index is 10.8. The van der Waals surface area contributed by atoms with E-state index in [4.69, 9.17) is 0 Å². The molecule has 1 aliphatic carbocycles. The largest absolute Gasteiger partial charge is 0.385 e. The summed E-state index contributed by atoms with van der Waals surface area (Å²) in [5, 5.41) is 10.8. The molecule has 1 N–H and O–H groups in total. The fourth-order valence-corrected chi connectivity index (χ4v) is 2.90. The lowest BCUT2D eigenvalue weighted by molar-refractivity contribution is -0.0219. The highest BCUT2D eigenvalue weighted by atomic mass is 16.3. The molecule has 0 bridgehead atoms. The second-order valence-electron chi connectivity index (χ2n) is 5.70. The van der Waals surface area contributed by atoms with Crippen LogP contribution in [0, 0.1) is 5.92 Å². The molecule has 0 aliphatic heterocycles. The molecule has 0 spiro atoms. The lowest BCUT2D eigenvalue weighted by Crippen LogP contribution is -2.32. The second-order valence-corrected chi connectivity index (χ2v) is 5.70. The summed E-state index contributed by atoms with van der Waals surface area (Å²) in [4.78, 5) is 6.39. The summed E-state index contributed by atoms with van der Waals surface area (Å²) >= 11 is 0. The highest BCUT2D eigenvalue weighted by molar-refractivity contribution is 5.38. The monoisotopic (exact) mass is 248 g/mol. The van der Waals surface area contributed by atoms with E-state index in [2.05, 4.69) is 11.9 Å². The number of aliphatic hydroxyl groups is 1. The first-order valence-electron chi connectivity index (χ1n) is 6.91. The van der Waals surface area contributed by atoms with Crippen LogP contribution in [0.3, 0.4) is 0 Å². The van der Waals surface area contributed by atoms with Crippen LogP contribution >= 0.6 is 0 Å². The Morgan fingerprint density at radius 3 is 2.78 bits per heavy atom. The minimum Gasteiger partial charge on any atom is -0.385 e. The summed E-state index contributed by atoms with van der Waals surface area (Å²) in [6.07, 6.45) is 7.12. The Morgan fingerprint density at radius 1 is 1.44 bits per heavy atom. The topological polar surface area (TPSA) is 36.4 Å². The van der Waals surface area contributed by atoms with E-state index >= 15 is 0 Å². The average Bonchev–Trinajstić information content (AvgIpc) is 2.39. The summed E-state index contributed by atoms with van der Waals surface area (Å²) in [6.45, 7) is 2.21. The summed E-state index contributed by atoms with van der Waals surface area (Å²) in [7, 11) is 3.95. The lowest BCUT2D eigenvalue weighted by Gasteiger charge is -2.37. The van der Waals surface area contributed by atoms with Gasteiger partial charge in [0.15, 0.2) is 0 Å². The number of aromatic nitrogens is 1. The van der Waals surface area contributed by atoms with Crippen molar-refractivity contribution in [2.24, 2.45) is 5.92 Å². The van der Waals surface area contributed by atoms with Gasteiger partial charge in [-0.15, -0.1) is 0 Å². The third kappa shape index (κ3) is 2.66. The third-order valence-corrected chi connectivity index (χ3v) is 4.15. The number of pyridine rings is 1. The summed E-state index contributed by atoms with van der Waals surface area (Å²) in [5.74, 6) is 1.59. The molecular formula is C15H24N2O. The Bertz CT molecular complexity index is 388. The van der Waals surface area contributed by atoms with Crippen LogP contribution in [0.15, 0.2) is 18.3 Å². The molecule has 0 radical (unpaired) electrons. The summed E-state index contributed by atoms with van der Waals surface area (Å²) in [5.41, 5.74) is 0.322. The van der Waals surface area contributed by atoms with Gasteiger partial charge in [0.05, 0.1) is 5.60 Å². The minimum absolute atomic E-state index is 0.650. The molecule has 1 aromatic rings. The van der Waals surface area contributed by atoms with E-state index in [0.717, 1.165) is 37.1 Å². The Hall–Kier alpha value is -1.09. The van der Waals surface area contributed by atoms with E-state index in [1.54, 1.807) is 0 Å². The van der Waals surface area contributed by atoms with Gasteiger partial charge < -0.3 is 10.0 Å². The molecule has 3 heteroatoms. The smallest absolute Gasteiger partial charge is 0.127 e. The first kappa shape index (κ1) is 13.3. The van der Waals surface area contributed by atoms with Gasteiger partial charge in [0.2, 0.25) is 0 Å². The van der Waals surface area contributed by atoms with Crippen LogP contribution in [-0.4, -0.2) is 24.2 Å². The first-order valence-corrected chi connectivity index (χ1v) is 6.91. The molecule has 0 saturated heterocycles. The predicted octanol–water partition coefficient (Wildman–Crippen LogP) is 2.94. The summed E-state index contributed by atoms with van der Waals surface area (Å²) < 4.78 is 0. The number of hydrogen-bond donors (Lipinski definition) is 1. The molecule has 0 aromatic carbocycles. The fourth-order valence-electron chi connectivity index (χ4n) is 2.90. The van der Waals surface area contributed by atoms with Crippen molar-refractivity contribution in [3.8, 4) is 0 Å². The van der Waals surface area contributed by atoms with Gasteiger partial charge in [-0.2, -0.15) is 0 Å². The van der Waals surface area contributed by atoms with Crippen molar-refractivity contribution in [2.45, 2.75) is 44.6 Å². The first-order chi connectivity index (χ1) is 8.55. The average molecular weight is 248 g/mol. The van der Waals surface area contributed by atoms with Crippen molar-refractivity contribution >= 4 is 5.82 Å². The van der Waals surface area contributed by atoms with Gasteiger partial charge in [-0.3, -0.25) is 0 Å². The Balaban J connectivity index is 2.18. The Labute approximate surface area is 110 Å². The van der Waals surface area contributed by atoms with E-state index in [1.165, 1.54) is 6.42 Å². The van der Waals surface area contributed by atoms with Gasteiger partial charge in [0, 0.05) is 25.9 Å². The van der Waals surface area contributed by atoms with Gasteiger partial charge in [-0.25, -0.2) is 4.98 Å². The standard InChI is InChI=1S/C15H24N2O/c1-4-12-6-5-9-15(18,10-12)13-7-8-14(16-11-13)17(2)3/h7-8,11-12,18H,4-6,9-10H2,1-3H3. The van der Waals surface area contributed by atoms with E-state index in [0.29, 0.717) is 5.92 Å². The molecule has 2 rings (SSSR count). The molecule has 0 amide bonds. The summed E-state index contributed by atoms with van der Waals surface area (Å²) in [6, 6.07) is 4.02. The molecule has 1 aromatic heterocycles. The van der Waals surface area contributed by atoms with Gasteiger partial charge in [0.25, 0.3) is 0 Å². The molecule has 3 nitrogen and oxygen atoms in total. The van der Waals surface area contributed by atoms with Crippen molar-refractivity contribution < 1.29 is 5.11 Å². The van der Waals surface area contributed by atoms with Crippen LogP contribution < -0.4 is 4.90 Å². The third-order valence-electron chi connectivity index (χ3n) is 4.15. The molecule has 100 valence electrons. The molecule has 2 atom stereocenters. The molecule has 18 heavy (non-hydrogen) atoms. The second kappa shape index (κ2) is 5.27. The van der Waals surface area contributed by atoms with E-state index < -0.39 is 5.60 Å². The SMILES string of the molecule is CCC1CCCC(O)(c2ccc(N(C)C)nc2)C1. The van der Waals surface area contributed by atoms with Crippen LogP contribution in [0.1, 0.15) is 44.6 Å². The quantitative estimate of drug-likeness (QED) is 0.893. The highest BCUT2D eigenvalue weighted by Crippen LogP contribution is 2.40. The zero-order chi connectivity index (χ0) is 13.2. The van der Waals surface area contributed by atoms with E-state index in [9.17, 15) is 5.11 Å². The van der Waals surface area contributed by atoms with Crippen LogP contribution in [-0.2, 0) is 5.60 Å². The highest BCUT2D eigenvalue weighted by Gasteiger charge is 2.35. The van der Waals surface area contributed by atoms with Crippen molar-refractivity contribution in [2.75, 3.05) is 19.0 Å². The normalized spacial score (nSPS) is 28.1. The van der Waals surface area contributed by atoms with E-state index in [-0.39, 0.29) is 0 Å². The zero-order valence-electron chi connectivity index (χ0n) is 11.7. The van der Waals surface area contributed by atoms with Gasteiger partial charge in [-0.1, -0.05) is 25.8 Å². The molecule has 1 saturated carbocycles. The number of rotatable bonds is 3. The molecule has 2 unspecified atom stereocenters. The Morgan fingerprint density at radius 2 is 2.22 bits per heavy atom. The molecule has 1 aliphatic rings. The number of hydrogen-bond acceptors (Lipinski definition) is 3. The van der Waals surface area contributed by atoms with Crippen molar-refractivity contribution in [3.63, 3.8) is 0 Å². The maximum Gasteiger partial charge on any atom is 0.127 e. The number of nitrogens with zero attached hydrogens (tertiary/aromatic N) is 2. The van der Waals surface area contributed by atoms with Gasteiger partial charge in [-0.05, 0) is 31.2 Å². The van der Waals surface area contributed by atoms with E-state index in [1.807, 2.05) is 37.3 Å². The minimum atomic E-state index is -0.656. The van der Waals surface area contributed by atoms with Crippen molar-refractivity contribution in [3.05, 3.63) is 23.9 Å². The molecular weight excluding hydrogens is 224 g/mol. The van der Waals surface area contributed by atoms with Crippen molar-refractivity contribution in [1.29, 1.82) is 0 Å². The van der Waals surface area contributed by atoms with Gasteiger partial charge >= 0.3 is 0 Å². The Kier molecular flexibility index (Phi) is 3.91. The predicted molar refractivity (Wildman–Crippen MR) is 74.7 cm³/mol. The molecule has 1 heterocycles. The van der Waals surface area contributed by atoms with Crippen LogP contribution in [0.4, 0.5) is 5.82 Å². The molecule has 1 fully saturated rings. The van der Waals surface area contributed by atoms with Crippen molar-refractivity contribution in [1.82, 2.24) is 4.98 Å².